The molecule has 0 atom stereocenters. The van der Waals surface area contributed by atoms with Gasteiger partial charge < -0.3 is 4.90 Å². The lowest BCUT2D eigenvalue weighted by atomic mass is 10.1. The minimum Gasteiger partial charge on any atom is -0.370 e. The molecule has 3 heteroatoms. The van der Waals surface area contributed by atoms with E-state index in [0.717, 1.165) is 31.6 Å². The highest BCUT2D eigenvalue weighted by Crippen LogP contribution is 2.23. The van der Waals surface area contributed by atoms with Gasteiger partial charge in [-0.2, -0.15) is 5.26 Å². The Kier molecular flexibility index (Phi) is 6.51. The van der Waals surface area contributed by atoms with Gasteiger partial charge >= 0.3 is 0 Å². The van der Waals surface area contributed by atoms with Crippen molar-refractivity contribution in [2.45, 2.75) is 40.5 Å². The topological polar surface area (TPSA) is 27.0 Å². The molecule has 110 valence electrons. The van der Waals surface area contributed by atoms with E-state index in [1.807, 2.05) is 0 Å². The van der Waals surface area contributed by atoms with E-state index in [2.05, 4.69) is 38.7 Å². The average Bonchev–Trinajstić information content (AvgIpc) is 2.38. The second kappa shape index (κ2) is 7.89. The maximum absolute atomic E-state index is 13.3. The van der Waals surface area contributed by atoms with Gasteiger partial charge in [-0.05, 0) is 42.9 Å². The van der Waals surface area contributed by atoms with Crippen molar-refractivity contribution in [3.63, 3.8) is 0 Å². The van der Waals surface area contributed by atoms with Crippen LogP contribution in [0.3, 0.4) is 0 Å². The molecule has 0 unspecified atom stereocenters. The first kappa shape index (κ1) is 16.5. The fraction of sp³-hybridized carbons (Fsp3) is 0.588. The Labute approximate surface area is 122 Å². The van der Waals surface area contributed by atoms with Gasteiger partial charge in [0.15, 0.2) is 0 Å². The molecule has 0 aliphatic rings. The Hall–Kier alpha value is -1.56. The minimum atomic E-state index is -0.349. The predicted octanol–water partition coefficient (Wildman–Crippen LogP) is 4.60. The Morgan fingerprint density at radius 2 is 1.65 bits per heavy atom. The molecule has 0 amide bonds. The molecule has 0 bridgehead atoms. The van der Waals surface area contributed by atoms with Crippen molar-refractivity contribution in [3.05, 3.63) is 29.6 Å². The van der Waals surface area contributed by atoms with E-state index >= 15 is 0 Å². The molecule has 1 rings (SSSR count). The predicted molar refractivity (Wildman–Crippen MR) is 82.2 cm³/mol. The Morgan fingerprint density at radius 3 is 2.10 bits per heavy atom. The van der Waals surface area contributed by atoms with Crippen LogP contribution in [0.1, 0.15) is 46.1 Å². The first-order chi connectivity index (χ1) is 9.43. The van der Waals surface area contributed by atoms with Crippen molar-refractivity contribution < 1.29 is 4.39 Å². The zero-order valence-corrected chi connectivity index (χ0v) is 13.0. The monoisotopic (exact) mass is 276 g/mol. The Morgan fingerprint density at radius 1 is 1.10 bits per heavy atom. The minimum absolute atomic E-state index is 0.349. The molecule has 0 N–H and O–H groups in total. The number of nitrogens with zero attached hydrogens (tertiary/aromatic N) is 2. The zero-order chi connectivity index (χ0) is 15.1. The van der Waals surface area contributed by atoms with E-state index in [9.17, 15) is 9.65 Å². The molecule has 0 aliphatic heterocycles. The van der Waals surface area contributed by atoms with Crippen LogP contribution in [0.15, 0.2) is 18.2 Å². The maximum atomic E-state index is 13.3. The summed E-state index contributed by atoms with van der Waals surface area (Å²) in [6.07, 6.45) is 2.14. The quantitative estimate of drug-likeness (QED) is 0.728. The highest BCUT2D eigenvalue weighted by atomic mass is 19.1. The molecule has 0 saturated heterocycles. The van der Waals surface area contributed by atoms with Crippen LogP contribution in [0.4, 0.5) is 10.1 Å². The van der Waals surface area contributed by atoms with E-state index in [1.165, 1.54) is 12.1 Å². The van der Waals surface area contributed by atoms with Crippen LogP contribution in [-0.4, -0.2) is 13.1 Å². The van der Waals surface area contributed by atoms with E-state index < -0.39 is 0 Å². The summed E-state index contributed by atoms with van der Waals surface area (Å²) < 4.78 is 13.3. The maximum Gasteiger partial charge on any atom is 0.124 e. The summed E-state index contributed by atoms with van der Waals surface area (Å²) in [6, 6.07) is 6.61. The number of benzene rings is 1. The number of halogens is 1. The number of hydrogen-bond donors (Lipinski definition) is 0. The highest BCUT2D eigenvalue weighted by molar-refractivity contribution is 5.59. The summed E-state index contributed by atoms with van der Waals surface area (Å²) in [4.78, 5) is 2.22. The fourth-order valence-corrected chi connectivity index (χ4v) is 2.05. The van der Waals surface area contributed by atoms with Crippen molar-refractivity contribution in [1.82, 2.24) is 0 Å². The molecule has 0 aliphatic carbocycles. The van der Waals surface area contributed by atoms with Gasteiger partial charge in [0.2, 0.25) is 0 Å². The second-order valence-corrected chi connectivity index (χ2v) is 6.13. The number of rotatable bonds is 7. The SMILES string of the molecule is CC(C)CCN(CCC(C)C)c1ccc(F)cc1C#N. The summed E-state index contributed by atoms with van der Waals surface area (Å²) in [5.74, 6) is 0.878. The van der Waals surface area contributed by atoms with E-state index in [4.69, 9.17) is 0 Å². The molecule has 0 radical (unpaired) electrons. The average molecular weight is 276 g/mol. The third-order valence-corrected chi connectivity index (χ3v) is 3.37. The molecule has 0 saturated carbocycles. The van der Waals surface area contributed by atoms with Gasteiger partial charge in [0, 0.05) is 13.1 Å². The Bertz CT molecular complexity index is 449. The first-order valence-electron chi connectivity index (χ1n) is 7.38. The molecule has 0 fully saturated rings. The molecule has 0 spiro atoms. The summed E-state index contributed by atoms with van der Waals surface area (Å²) in [6.45, 7) is 10.6. The molecule has 2 nitrogen and oxygen atoms in total. The molecule has 1 aromatic carbocycles. The summed E-state index contributed by atoms with van der Waals surface area (Å²) in [5.41, 5.74) is 1.28. The van der Waals surface area contributed by atoms with Gasteiger partial charge in [-0.25, -0.2) is 4.39 Å². The van der Waals surface area contributed by atoms with Crippen LogP contribution in [0, 0.1) is 29.0 Å². The smallest absolute Gasteiger partial charge is 0.124 e. The van der Waals surface area contributed by atoms with Crippen molar-refractivity contribution in [2.75, 3.05) is 18.0 Å². The first-order valence-corrected chi connectivity index (χ1v) is 7.38. The van der Waals surface area contributed by atoms with Crippen LogP contribution in [0.2, 0.25) is 0 Å². The summed E-state index contributed by atoms with van der Waals surface area (Å²) in [7, 11) is 0. The lowest BCUT2D eigenvalue weighted by Crippen LogP contribution is -2.28. The van der Waals surface area contributed by atoms with Gasteiger partial charge in [0.05, 0.1) is 11.3 Å². The highest BCUT2D eigenvalue weighted by Gasteiger charge is 2.13. The molecule has 1 aromatic rings. The van der Waals surface area contributed by atoms with Crippen molar-refractivity contribution in [3.8, 4) is 6.07 Å². The second-order valence-electron chi connectivity index (χ2n) is 6.13. The van der Waals surface area contributed by atoms with Gasteiger partial charge in [-0.1, -0.05) is 27.7 Å². The third-order valence-electron chi connectivity index (χ3n) is 3.37. The Balaban J connectivity index is 2.93. The van der Waals surface area contributed by atoms with Gasteiger partial charge in [-0.3, -0.25) is 0 Å². The van der Waals surface area contributed by atoms with Crippen LogP contribution in [0.25, 0.3) is 0 Å². The van der Waals surface area contributed by atoms with Gasteiger partial charge in [0.1, 0.15) is 11.9 Å². The van der Waals surface area contributed by atoms with Crippen LogP contribution in [0.5, 0.6) is 0 Å². The standard InChI is InChI=1S/C17H25FN2/c1-13(2)7-9-20(10-8-14(3)4)17-6-5-16(18)11-15(17)12-19/h5-6,11,13-14H,7-10H2,1-4H3. The molecule has 0 heterocycles. The van der Waals surface area contributed by atoms with Crippen molar-refractivity contribution in [1.29, 1.82) is 5.26 Å². The fourth-order valence-electron chi connectivity index (χ4n) is 2.05. The largest absolute Gasteiger partial charge is 0.370 e. The molecular weight excluding hydrogens is 251 g/mol. The van der Waals surface area contributed by atoms with Gasteiger partial charge in [0.25, 0.3) is 0 Å². The van der Waals surface area contributed by atoms with Gasteiger partial charge in [-0.15, -0.1) is 0 Å². The van der Waals surface area contributed by atoms with Crippen LogP contribution in [-0.2, 0) is 0 Å². The number of nitriles is 1. The van der Waals surface area contributed by atoms with E-state index in [-0.39, 0.29) is 5.82 Å². The summed E-state index contributed by atoms with van der Waals surface area (Å²) in [5, 5.41) is 9.20. The van der Waals surface area contributed by atoms with E-state index in [1.54, 1.807) is 6.07 Å². The number of anilines is 1. The molecule has 20 heavy (non-hydrogen) atoms. The lowest BCUT2D eigenvalue weighted by molar-refractivity contribution is 0.534. The normalized spacial score (nSPS) is 10.9. The lowest BCUT2D eigenvalue weighted by Gasteiger charge is -2.27. The molecular formula is C17H25FN2. The summed E-state index contributed by atoms with van der Waals surface area (Å²) >= 11 is 0. The van der Waals surface area contributed by atoms with E-state index in [0.29, 0.717) is 17.4 Å². The van der Waals surface area contributed by atoms with Crippen molar-refractivity contribution in [2.24, 2.45) is 11.8 Å². The third kappa shape index (κ3) is 5.21. The van der Waals surface area contributed by atoms with Crippen molar-refractivity contribution >= 4 is 5.69 Å². The van der Waals surface area contributed by atoms with Crippen LogP contribution < -0.4 is 4.90 Å². The van der Waals surface area contributed by atoms with Crippen LogP contribution >= 0.6 is 0 Å². The molecule has 0 aromatic heterocycles. The number of hydrogen-bond acceptors (Lipinski definition) is 2. The zero-order valence-electron chi connectivity index (χ0n) is 13.0.